The minimum Gasteiger partial charge on any atom is -0.481 e. The Balaban J connectivity index is 0.00000242. The summed E-state index contributed by atoms with van der Waals surface area (Å²) in [6.07, 6.45) is 8.55. The average Bonchev–Trinajstić information content (AvgIpc) is 2.44. The normalized spacial score (nSPS) is 14.0. The van der Waals surface area contributed by atoms with Crippen molar-refractivity contribution in [3.8, 4) is 18.1 Å². The van der Waals surface area contributed by atoms with Crippen LogP contribution in [0.2, 0.25) is 0 Å². The van der Waals surface area contributed by atoms with E-state index in [4.69, 9.17) is 11.2 Å². The number of ether oxygens (including phenoxy) is 1. The summed E-state index contributed by atoms with van der Waals surface area (Å²) in [7, 11) is 0. The fraction of sp³-hybridized carbons (Fsp3) is 0.312. The van der Waals surface area contributed by atoms with Crippen LogP contribution in [0.15, 0.2) is 12.1 Å². The largest absolute Gasteiger partial charge is 0.481 e. The van der Waals surface area contributed by atoms with Crippen molar-refractivity contribution in [3.63, 3.8) is 0 Å². The van der Waals surface area contributed by atoms with E-state index >= 15 is 0 Å². The number of carbonyl (C=O) groups is 1. The van der Waals surface area contributed by atoms with E-state index in [9.17, 15) is 13.6 Å². The molecule has 0 unspecified atom stereocenters. The van der Waals surface area contributed by atoms with E-state index in [1.807, 2.05) is 0 Å². The second-order valence-corrected chi connectivity index (χ2v) is 4.42. The molecule has 2 rings (SSSR count). The van der Waals surface area contributed by atoms with Gasteiger partial charge in [0.2, 0.25) is 5.91 Å². The molecule has 113 valence electrons. The molecule has 1 aromatic carbocycles. The van der Waals surface area contributed by atoms with Gasteiger partial charge >= 0.3 is 0 Å². The van der Waals surface area contributed by atoms with Crippen LogP contribution in [0, 0.1) is 30.1 Å². The van der Waals surface area contributed by atoms with Crippen LogP contribution in [0.25, 0.3) is 5.70 Å². The van der Waals surface area contributed by atoms with Crippen molar-refractivity contribution in [2.75, 3.05) is 13.2 Å². The average molecular weight is 379 g/mol. The fourth-order valence-corrected chi connectivity index (χ4v) is 2.19. The number of halogens is 2. The van der Waals surface area contributed by atoms with Crippen molar-refractivity contribution in [1.82, 2.24) is 4.90 Å². The van der Waals surface area contributed by atoms with E-state index < -0.39 is 11.6 Å². The van der Waals surface area contributed by atoms with Crippen LogP contribution in [0.1, 0.15) is 25.3 Å². The predicted molar refractivity (Wildman–Crippen MR) is 74.0 cm³/mol. The molecule has 1 heterocycles. The quantitative estimate of drug-likeness (QED) is 0.595. The van der Waals surface area contributed by atoms with E-state index in [0.29, 0.717) is 19.4 Å². The van der Waals surface area contributed by atoms with Gasteiger partial charge in [0, 0.05) is 45.7 Å². The number of rotatable bonds is 4. The zero-order valence-electron chi connectivity index (χ0n) is 12.2. The van der Waals surface area contributed by atoms with Gasteiger partial charge in [0.15, 0.2) is 0 Å². The molecule has 0 atom stereocenters. The summed E-state index contributed by atoms with van der Waals surface area (Å²) in [6.45, 7) is 1.99. The van der Waals surface area contributed by atoms with Gasteiger partial charge in [0.1, 0.15) is 12.4 Å². The van der Waals surface area contributed by atoms with E-state index in [0.717, 1.165) is 12.1 Å². The minimum absolute atomic E-state index is 0. The van der Waals surface area contributed by atoms with Gasteiger partial charge in [-0.25, -0.2) is 14.9 Å². The SMILES string of the molecule is C#CCOc1cc(F)c(C2=[C-]CCC(=O)N2CC)c(F)c1.[Y]. The van der Waals surface area contributed by atoms with Gasteiger partial charge in [-0.15, -0.1) is 18.5 Å². The number of terminal acetylenes is 1. The number of amides is 1. The number of benzene rings is 1. The molecule has 1 amide bonds. The Morgan fingerprint density at radius 2 is 2.05 bits per heavy atom. The van der Waals surface area contributed by atoms with E-state index in [-0.39, 0.29) is 62.2 Å². The van der Waals surface area contributed by atoms with Crippen molar-refractivity contribution in [1.29, 1.82) is 0 Å². The number of hydrogen-bond donors (Lipinski definition) is 0. The van der Waals surface area contributed by atoms with Crippen LogP contribution in [0.4, 0.5) is 8.78 Å². The van der Waals surface area contributed by atoms with Crippen LogP contribution in [-0.2, 0) is 37.5 Å². The molecule has 0 fully saturated rings. The van der Waals surface area contributed by atoms with Crippen LogP contribution in [0.5, 0.6) is 5.75 Å². The van der Waals surface area contributed by atoms with Crippen LogP contribution >= 0.6 is 0 Å². The molecule has 1 aliphatic rings. The van der Waals surface area contributed by atoms with Crippen molar-refractivity contribution >= 4 is 11.6 Å². The topological polar surface area (TPSA) is 29.5 Å². The van der Waals surface area contributed by atoms with E-state index in [2.05, 4.69) is 12.0 Å². The van der Waals surface area contributed by atoms with Gasteiger partial charge in [-0.05, 0) is 19.1 Å². The first-order chi connectivity index (χ1) is 10.1. The molecule has 22 heavy (non-hydrogen) atoms. The first-order valence-corrected chi connectivity index (χ1v) is 6.55. The molecule has 0 aromatic heterocycles. The van der Waals surface area contributed by atoms with Crippen LogP contribution in [0.3, 0.4) is 0 Å². The molecule has 0 saturated heterocycles. The number of carbonyl (C=O) groups excluding carboxylic acids is 1. The molecule has 1 radical (unpaired) electrons. The monoisotopic (exact) mass is 379 g/mol. The van der Waals surface area contributed by atoms with Gasteiger partial charge in [-0.3, -0.25) is 4.79 Å². The summed E-state index contributed by atoms with van der Waals surface area (Å²) < 4.78 is 33.4. The summed E-state index contributed by atoms with van der Waals surface area (Å²) in [5.41, 5.74) is -0.120. The third-order valence-corrected chi connectivity index (χ3v) is 3.09. The number of nitrogens with zero attached hydrogens (tertiary/aromatic N) is 1. The molecule has 0 aliphatic carbocycles. The predicted octanol–water partition coefficient (Wildman–Crippen LogP) is 2.76. The van der Waals surface area contributed by atoms with Gasteiger partial charge in [-0.1, -0.05) is 11.5 Å². The summed E-state index contributed by atoms with van der Waals surface area (Å²) in [6, 6.07) is 2.11. The van der Waals surface area contributed by atoms with Crippen LogP contribution < -0.4 is 4.74 Å². The number of hydrogen-bond acceptors (Lipinski definition) is 2. The third-order valence-electron chi connectivity index (χ3n) is 3.09. The Hall–Kier alpha value is -1.25. The second kappa shape index (κ2) is 8.40. The zero-order chi connectivity index (χ0) is 15.4. The molecular formula is C16H14F2NO2Y-. The maximum atomic E-state index is 14.2. The molecule has 3 nitrogen and oxygen atoms in total. The van der Waals surface area contributed by atoms with Gasteiger partial charge in [-0.2, -0.15) is 0 Å². The molecule has 0 bridgehead atoms. The standard InChI is InChI=1S/C16H14F2NO2.Y/c1-3-8-21-11-9-12(17)16(13(18)10-11)14-6-5-7-15(20)19(14)4-2;/h1,9-10H,4-5,7-8H2,2H3;/q-1;. The fourth-order valence-electron chi connectivity index (χ4n) is 2.19. The minimum atomic E-state index is -0.808. The maximum Gasteiger partial charge on any atom is 0.223 e. The Bertz CT molecular complexity index is 615. The summed E-state index contributed by atoms with van der Waals surface area (Å²) in [4.78, 5) is 13.1. The zero-order valence-corrected chi connectivity index (χ0v) is 15.0. The third kappa shape index (κ3) is 3.94. The smallest absolute Gasteiger partial charge is 0.223 e. The first-order valence-electron chi connectivity index (χ1n) is 6.55. The van der Waals surface area contributed by atoms with E-state index in [1.54, 1.807) is 6.92 Å². The first kappa shape index (κ1) is 18.8. The molecule has 6 heteroatoms. The van der Waals surface area contributed by atoms with Crippen molar-refractivity contribution in [2.24, 2.45) is 0 Å². The second-order valence-electron chi connectivity index (χ2n) is 4.42. The Labute approximate surface area is 153 Å². The van der Waals surface area contributed by atoms with Crippen molar-refractivity contribution in [2.45, 2.75) is 19.8 Å². The van der Waals surface area contributed by atoms with Crippen LogP contribution in [-0.4, -0.2) is 24.0 Å². The maximum absolute atomic E-state index is 14.2. The molecular weight excluding hydrogens is 365 g/mol. The Kier molecular flexibility index (Phi) is 7.18. The molecule has 1 aromatic rings. The Morgan fingerprint density at radius 3 is 2.59 bits per heavy atom. The van der Waals surface area contributed by atoms with Gasteiger partial charge < -0.3 is 9.64 Å². The van der Waals surface area contributed by atoms with Crippen molar-refractivity contribution < 1.29 is 51.0 Å². The summed E-state index contributed by atoms with van der Waals surface area (Å²) in [5, 5.41) is 0. The van der Waals surface area contributed by atoms with Gasteiger partial charge in [0.25, 0.3) is 0 Å². The molecule has 0 N–H and O–H groups in total. The van der Waals surface area contributed by atoms with E-state index in [1.165, 1.54) is 4.90 Å². The summed E-state index contributed by atoms with van der Waals surface area (Å²) >= 11 is 0. The van der Waals surface area contributed by atoms with Gasteiger partial charge in [0.05, 0.1) is 11.6 Å². The molecule has 0 spiro atoms. The van der Waals surface area contributed by atoms with Crippen molar-refractivity contribution in [3.05, 3.63) is 35.4 Å². The molecule has 0 saturated carbocycles. The molecule has 1 aliphatic heterocycles. The number of allylic oxidation sites excluding steroid dienone is 1. The summed E-state index contributed by atoms with van der Waals surface area (Å²) in [5.74, 6) is 0.445. The Morgan fingerprint density at radius 1 is 1.41 bits per heavy atom.